The minimum Gasteiger partial charge on any atom is -0.366 e. The lowest BCUT2D eigenvalue weighted by molar-refractivity contribution is 0.102. The number of amides is 1. The summed E-state index contributed by atoms with van der Waals surface area (Å²) in [6, 6.07) is 13.5. The van der Waals surface area contributed by atoms with E-state index in [1.165, 1.54) is 6.07 Å². The number of halogens is 2. The smallest absolute Gasteiger partial charge is 0.274 e. The average molecular weight is 366 g/mol. The summed E-state index contributed by atoms with van der Waals surface area (Å²) in [5.74, 6) is -1.47. The average Bonchev–Trinajstić information content (AvgIpc) is 2.69. The molecule has 27 heavy (non-hydrogen) atoms. The van der Waals surface area contributed by atoms with Gasteiger partial charge in [-0.2, -0.15) is 0 Å². The Balaban J connectivity index is 1.95. The van der Waals surface area contributed by atoms with Crippen LogP contribution in [-0.2, 0) is 0 Å². The molecule has 2 aromatic carbocycles. The fourth-order valence-corrected chi connectivity index (χ4v) is 2.32. The maximum Gasteiger partial charge on any atom is 0.274 e. The molecule has 0 aliphatic carbocycles. The molecule has 2 N–H and O–H groups in total. The van der Waals surface area contributed by atoms with Crippen LogP contribution >= 0.6 is 0 Å². The van der Waals surface area contributed by atoms with E-state index in [-0.39, 0.29) is 11.4 Å². The zero-order chi connectivity index (χ0) is 19.2. The second-order valence-electron chi connectivity index (χ2n) is 5.58. The van der Waals surface area contributed by atoms with Crippen molar-refractivity contribution in [1.82, 2.24) is 9.97 Å². The van der Waals surface area contributed by atoms with Crippen molar-refractivity contribution in [2.24, 2.45) is 0 Å². The molecule has 0 radical (unpaired) electrons. The molecule has 0 unspecified atom stereocenters. The van der Waals surface area contributed by atoms with Crippen LogP contribution in [0.5, 0.6) is 0 Å². The molecule has 3 rings (SSSR count). The summed E-state index contributed by atoms with van der Waals surface area (Å²) in [5, 5.41) is 5.41. The molecule has 1 aromatic heterocycles. The molecule has 0 spiro atoms. The van der Waals surface area contributed by atoms with Gasteiger partial charge in [0.05, 0.1) is 5.69 Å². The van der Waals surface area contributed by atoms with Crippen LogP contribution in [0.1, 0.15) is 10.5 Å². The van der Waals surface area contributed by atoms with Gasteiger partial charge in [-0.3, -0.25) is 4.79 Å². The summed E-state index contributed by atoms with van der Waals surface area (Å²) < 4.78 is 26.8. The molecule has 0 atom stereocenters. The summed E-state index contributed by atoms with van der Waals surface area (Å²) in [4.78, 5) is 21.2. The molecule has 0 fully saturated rings. The number of anilines is 2. The van der Waals surface area contributed by atoms with Gasteiger partial charge in [0, 0.05) is 24.2 Å². The van der Waals surface area contributed by atoms with Crippen molar-refractivity contribution < 1.29 is 13.6 Å². The van der Waals surface area contributed by atoms with E-state index in [2.05, 4.69) is 27.2 Å². The highest BCUT2D eigenvalue weighted by Gasteiger charge is 2.15. The Labute approximate surface area is 154 Å². The van der Waals surface area contributed by atoms with Gasteiger partial charge in [0.2, 0.25) is 0 Å². The lowest BCUT2D eigenvalue weighted by Gasteiger charge is -2.10. The SMILES string of the molecule is C=CCNc1cc(C(=O)Nc2ccc(F)cc2F)nc(-c2ccccc2)n1. The van der Waals surface area contributed by atoms with E-state index in [0.29, 0.717) is 24.3 Å². The molecule has 0 bridgehead atoms. The van der Waals surface area contributed by atoms with Crippen molar-refractivity contribution in [3.05, 3.63) is 84.6 Å². The van der Waals surface area contributed by atoms with Crippen LogP contribution in [0, 0.1) is 11.6 Å². The van der Waals surface area contributed by atoms with Gasteiger partial charge >= 0.3 is 0 Å². The Morgan fingerprint density at radius 2 is 1.85 bits per heavy atom. The minimum absolute atomic E-state index is 0.0409. The maximum atomic E-state index is 13.8. The lowest BCUT2D eigenvalue weighted by atomic mass is 10.2. The number of hydrogen-bond donors (Lipinski definition) is 2. The standard InChI is InChI=1S/C20H16F2N4O/c1-2-10-23-18-12-17(24-19(26-18)13-6-4-3-5-7-13)20(27)25-16-9-8-14(21)11-15(16)22/h2-9,11-12H,1,10H2,(H,25,27)(H,23,24,26). The van der Waals surface area contributed by atoms with E-state index in [0.717, 1.165) is 17.7 Å². The van der Waals surface area contributed by atoms with E-state index in [9.17, 15) is 13.6 Å². The van der Waals surface area contributed by atoms with Gasteiger partial charge in [0.25, 0.3) is 5.91 Å². The van der Waals surface area contributed by atoms with Crippen molar-refractivity contribution in [2.75, 3.05) is 17.2 Å². The second-order valence-corrected chi connectivity index (χ2v) is 5.58. The monoisotopic (exact) mass is 366 g/mol. The van der Waals surface area contributed by atoms with Gasteiger partial charge in [-0.15, -0.1) is 6.58 Å². The lowest BCUT2D eigenvalue weighted by Crippen LogP contribution is -2.16. The topological polar surface area (TPSA) is 66.9 Å². The third-order valence-corrected chi connectivity index (χ3v) is 3.60. The molecular weight excluding hydrogens is 350 g/mol. The fraction of sp³-hybridized carbons (Fsp3) is 0.0500. The number of nitrogens with one attached hydrogen (secondary N) is 2. The Morgan fingerprint density at radius 3 is 2.56 bits per heavy atom. The third-order valence-electron chi connectivity index (χ3n) is 3.60. The quantitative estimate of drug-likeness (QED) is 0.640. The van der Waals surface area contributed by atoms with Crippen molar-refractivity contribution >= 4 is 17.4 Å². The summed E-state index contributed by atoms with van der Waals surface area (Å²) in [5.41, 5.74) is 0.628. The van der Waals surface area contributed by atoms with Crippen LogP contribution in [0.15, 0.2) is 67.3 Å². The van der Waals surface area contributed by atoms with Crippen LogP contribution in [-0.4, -0.2) is 22.4 Å². The van der Waals surface area contributed by atoms with E-state index in [1.807, 2.05) is 30.3 Å². The molecule has 0 aliphatic heterocycles. The number of carbonyl (C=O) groups excluding carboxylic acids is 1. The number of rotatable bonds is 6. The zero-order valence-corrected chi connectivity index (χ0v) is 14.2. The van der Waals surface area contributed by atoms with Crippen molar-refractivity contribution in [2.45, 2.75) is 0 Å². The largest absolute Gasteiger partial charge is 0.366 e. The first-order valence-corrected chi connectivity index (χ1v) is 8.12. The number of aromatic nitrogens is 2. The van der Waals surface area contributed by atoms with E-state index in [1.54, 1.807) is 6.08 Å². The van der Waals surface area contributed by atoms with Gasteiger partial charge in [-0.05, 0) is 12.1 Å². The summed E-state index contributed by atoms with van der Waals surface area (Å²) in [7, 11) is 0. The number of nitrogens with zero attached hydrogens (tertiary/aromatic N) is 2. The van der Waals surface area contributed by atoms with Crippen LogP contribution in [0.4, 0.5) is 20.3 Å². The highest BCUT2D eigenvalue weighted by atomic mass is 19.1. The number of benzene rings is 2. The van der Waals surface area contributed by atoms with Crippen LogP contribution in [0.25, 0.3) is 11.4 Å². The predicted molar refractivity (Wildman–Crippen MR) is 100 cm³/mol. The molecule has 5 nitrogen and oxygen atoms in total. The summed E-state index contributed by atoms with van der Waals surface area (Å²) in [6.07, 6.45) is 1.65. The zero-order valence-electron chi connectivity index (χ0n) is 14.2. The molecular formula is C20H16F2N4O. The molecule has 1 heterocycles. The summed E-state index contributed by atoms with van der Waals surface area (Å²) in [6.45, 7) is 4.07. The Hall–Kier alpha value is -3.61. The molecule has 0 saturated carbocycles. The Morgan fingerprint density at radius 1 is 1.07 bits per heavy atom. The molecule has 0 saturated heterocycles. The third kappa shape index (κ3) is 4.52. The first kappa shape index (κ1) is 18.2. The van der Waals surface area contributed by atoms with E-state index < -0.39 is 17.5 Å². The van der Waals surface area contributed by atoms with Crippen molar-refractivity contribution in [3.8, 4) is 11.4 Å². The molecule has 1 amide bonds. The summed E-state index contributed by atoms with van der Waals surface area (Å²) >= 11 is 0. The molecule has 0 aliphatic rings. The molecule has 3 aromatic rings. The first-order chi connectivity index (χ1) is 13.1. The van der Waals surface area contributed by atoms with Gasteiger partial charge in [-0.25, -0.2) is 18.7 Å². The predicted octanol–water partition coefficient (Wildman–Crippen LogP) is 4.27. The minimum atomic E-state index is -0.870. The van der Waals surface area contributed by atoms with Gasteiger partial charge in [0.1, 0.15) is 23.1 Å². The number of hydrogen-bond acceptors (Lipinski definition) is 4. The second kappa shape index (κ2) is 8.18. The highest BCUT2D eigenvalue weighted by molar-refractivity contribution is 6.03. The van der Waals surface area contributed by atoms with Crippen molar-refractivity contribution in [1.29, 1.82) is 0 Å². The first-order valence-electron chi connectivity index (χ1n) is 8.12. The Bertz CT molecular complexity index is 977. The van der Waals surface area contributed by atoms with Gasteiger partial charge < -0.3 is 10.6 Å². The maximum absolute atomic E-state index is 13.8. The van der Waals surface area contributed by atoms with E-state index in [4.69, 9.17) is 0 Å². The normalized spacial score (nSPS) is 10.3. The van der Waals surface area contributed by atoms with Crippen LogP contribution < -0.4 is 10.6 Å². The molecule has 7 heteroatoms. The van der Waals surface area contributed by atoms with Crippen molar-refractivity contribution in [3.63, 3.8) is 0 Å². The fourth-order valence-electron chi connectivity index (χ4n) is 2.32. The highest BCUT2D eigenvalue weighted by Crippen LogP contribution is 2.20. The van der Waals surface area contributed by atoms with Crippen LogP contribution in [0.2, 0.25) is 0 Å². The molecule has 136 valence electrons. The Kier molecular flexibility index (Phi) is 5.51. The van der Waals surface area contributed by atoms with Gasteiger partial charge in [-0.1, -0.05) is 36.4 Å². The van der Waals surface area contributed by atoms with Crippen LogP contribution in [0.3, 0.4) is 0 Å². The van der Waals surface area contributed by atoms with Gasteiger partial charge in [0.15, 0.2) is 5.82 Å². The van der Waals surface area contributed by atoms with E-state index >= 15 is 0 Å². The number of carbonyl (C=O) groups is 1.